The number of aromatic nitrogens is 2. The van der Waals surface area contributed by atoms with E-state index in [1.165, 1.54) is 5.56 Å². The predicted molar refractivity (Wildman–Crippen MR) is 83.2 cm³/mol. The van der Waals surface area contributed by atoms with Gasteiger partial charge in [0.05, 0.1) is 5.56 Å². The van der Waals surface area contributed by atoms with Crippen LogP contribution in [0.25, 0.3) is 0 Å². The lowest BCUT2D eigenvalue weighted by atomic mass is 10.1. The minimum absolute atomic E-state index is 0.000697. The second-order valence-corrected chi connectivity index (χ2v) is 5.43. The molecule has 21 heavy (non-hydrogen) atoms. The van der Waals surface area contributed by atoms with Gasteiger partial charge in [-0.15, -0.1) is 0 Å². The second kappa shape index (κ2) is 6.48. The first-order chi connectivity index (χ1) is 9.99. The summed E-state index contributed by atoms with van der Waals surface area (Å²) in [7, 11) is 1.83. The van der Waals surface area contributed by atoms with Crippen molar-refractivity contribution in [1.82, 2.24) is 14.9 Å². The zero-order valence-corrected chi connectivity index (χ0v) is 13.0. The van der Waals surface area contributed by atoms with E-state index in [0.717, 1.165) is 17.8 Å². The molecule has 1 amide bonds. The van der Waals surface area contributed by atoms with E-state index >= 15 is 0 Å². The summed E-state index contributed by atoms with van der Waals surface area (Å²) < 4.78 is 0. The van der Waals surface area contributed by atoms with Crippen LogP contribution in [0.5, 0.6) is 0 Å². The largest absolute Gasteiger partial charge is 0.339 e. The number of aryl methyl sites for hydroxylation is 2. The molecule has 0 aliphatic heterocycles. The van der Waals surface area contributed by atoms with Crippen molar-refractivity contribution in [2.24, 2.45) is 0 Å². The van der Waals surface area contributed by atoms with E-state index in [0.29, 0.717) is 5.56 Å². The van der Waals surface area contributed by atoms with E-state index in [1.807, 2.05) is 46.1 Å². The van der Waals surface area contributed by atoms with Crippen LogP contribution in [-0.4, -0.2) is 33.9 Å². The van der Waals surface area contributed by atoms with Gasteiger partial charge in [0.2, 0.25) is 0 Å². The van der Waals surface area contributed by atoms with Crippen molar-refractivity contribution in [2.45, 2.75) is 33.2 Å². The van der Waals surface area contributed by atoms with Gasteiger partial charge in [-0.25, -0.2) is 0 Å². The van der Waals surface area contributed by atoms with Crippen molar-refractivity contribution < 1.29 is 4.79 Å². The molecule has 110 valence electrons. The number of rotatable bonds is 4. The average molecular weight is 283 g/mol. The highest BCUT2D eigenvalue weighted by molar-refractivity contribution is 5.95. The van der Waals surface area contributed by atoms with Crippen molar-refractivity contribution in [2.75, 3.05) is 7.05 Å². The maximum Gasteiger partial charge on any atom is 0.255 e. The Balaban J connectivity index is 2.10. The summed E-state index contributed by atoms with van der Waals surface area (Å²) >= 11 is 0. The van der Waals surface area contributed by atoms with E-state index in [-0.39, 0.29) is 11.9 Å². The monoisotopic (exact) mass is 283 g/mol. The molecule has 0 saturated carbocycles. The summed E-state index contributed by atoms with van der Waals surface area (Å²) in [5, 5.41) is 0. The third-order valence-electron chi connectivity index (χ3n) is 3.70. The molecule has 0 N–H and O–H groups in total. The van der Waals surface area contributed by atoms with Crippen LogP contribution in [0.4, 0.5) is 0 Å². The van der Waals surface area contributed by atoms with Crippen LogP contribution in [0.2, 0.25) is 0 Å². The first-order valence-electron chi connectivity index (χ1n) is 7.09. The molecule has 4 heteroatoms. The summed E-state index contributed by atoms with van der Waals surface area (Å²) in [6, 6.07) is 7.72. The molecule has 0 aromatic carbocycles. The van der Waals surface area contributed by atoms with E-state index in [1.54, 1.807) is 17.2 Å². The van der Waals surface area contributed by atoms with Crippen molar-refractivity contribution in [1.29, 1.82) is 0 Å². The first-order valence-corrected chi connectivity index (χ1v) is 7.09. The standard InChI is InChI=1S/C17H21N3O/c1-12-7-9-19-15(10-12)11-13(2)20(4)17(21)16-6-5-8-18-14(16)3/h5-10,13H,11H2,1-4H3/t13-/m1/s1. The Kier molecular flexibility index (Phi) is 4.68. The van der Waals surface area contributed by atoms with Crippen LogP contribution in [-0.2, 0) is 6.42 Å². The van der Waals surface area contributed by atoms with Gasteiger partial charge in [0.15, 0.2) is 0 Å². The summed E-state index contributed by atoms with van der Waals surface area (Å²) in [5.41, 5.74) is 3.61. The van der Waals surface area contributed by atoms with Gasteiger partial charge in [-0.2, -0.15) is 0 Å². The van der Waals surface area contributed by atoms with Crippen LogP contribution in [0.3, 0.4) is 0 Å². The lowest BCUT2D eigenvalue weighted by Gasteiger charge is -2.25. The van der Waals surface area contributed by atoms with Crippen LogP contribution < -0.4 is 0 Å². The number of pyridine rings is 2. The highest BCUT2D eigenvalue weighted by Gasteiger charge is 2.19. The fourth-order valence-corrected chi connectivity index (χ4v) is 2.25. The molecule has 0 bridgehead atoms. The number of likely N-dealkylation sites (N-methyl/N-ethyl adjacent to an activating group) is 1. The van der Waals surface area contributed by atoms with Gasteiger partial charge in [0, 0.05) is 43.3 Å². The fraction of sp³-hybridized carbons (Fsp3) is 0.353. The third-order valence-corrected chi connectivity index (χ3v) is 3.70. The van der Waals surface area contributed by atoms with Crippen molar-refractivity contribution >= 4 is 5.91 Å². The van der Waals surface area contributed by atoms with Crippen LogP contribution in [0.15, 0.2) is 36.7 Å². The molecule has 0 radical (unpaired) electrons. The third kappa shape index (κ3) is 3.66. The zero-order valence-electron chi connectivity index (χ0n) is 13.0. The number of carbonyl (C=O) groups is 1. The van der Waals surface area contributed by atoms with Gasteiger partial charge in [0.25, 0.3) is 5.91 Å². The van der Waals surface area contributed by atoms with Crippen molar-refractivity contribution in [3.05, 3.63) is 59.2 Å². The Labute approximate surface area is 125 Å². The molecule has 0 aliphatic carbocycles. The van der Waals surface area contributed by atoms with Gasteiger partial charge in [0.1, 0.15) is 0 Å². The quantitative estimate of drug-likeness (QED) is 0.866. The van der Waals surface area contributed by atoms with Gasteiger partial charge < -0.3 is 4.90 Å². The Morgan fingerprint density at radius 1 is 1.24 bits per heavy atom. The molecular weight excluding hydrogens is 262 g/mol. The summed E-state index contributed by atoms with van der Waals surface area (Å²) in [6.07, 6.45) is 4.25. The summed E-state index contributed by atoms with van der Waals surface area (Å²) in [5.74, 6) is 0.000697. The number of carbonyl (C=O) groups excluding carboxylic acids is 1. The van der Waals surface area contributed by atoms with Gasteiger partial charge in [-0.1, -0.05) is 0 Å². The maximum atomic E-state index is 12.5. The zero-order chi connectivity index (χ0) is 15.4. The van der Waals surface area contributed by atoms with Crippen molar-refractivity contribution in [3.8, 4) is 0 Å². The highest BCUT2D eigenvalue weighted by Crippen LogP contribution is 2.12. The lowest BCUT2D eigenvalue weighted by molar-refractivity contribution is 0.0741. The molecule has 0 aliphatic rings. The number of nitrogens with zero attached hydrogens (tertiary/aromatic N) is 3. The van der Waals surface area contributed by atoms with Crippen molar-refractivity contribution in [3.63, 3.8) is 0 Å². The Morgan fingerprint density at radius 3 is 2.67 bits per heavy atom. The number of amides is 1. The normalized spacial score (nSPS) is 12.0. The molecule has 2 rings (SSSR count). The predicted octanol–water partition coefficient (Wildman–Crippen LogP) is 2.80. The van der Waals surface area contributed by atoms with Gasteiger partial charge >= 0.3 is 0 Å². The number of hydrogen-bond acceptors (Lipinski definition) is 3. The molecule has 1 atom stereocenters. The van der Waals surface area contributed by atoms with E-state index in [9.17, 15) is 4.79 Å². The highest BCUT2D eigenvalue weighted by atomic mass is 16.2. The minimum atomic E-state index is 0.000697. The smallest absolute Gasteiger partial charge is 0.255 e. The minimum Gasteiger partial charge on any atom is -0.339 e. The summed E-state index contributed by atoms with van der Waals surface area (Å²) in [4.78, 5) is 22.8. The second-order valence-electron chi connectivity index (χ2n) is 5.43. The molecule has 2 aromatic heterocycles. The molecule has 2 aromatic rings. The SMILES string of the molecule is Cc1ccnc(C[C@@H](C)N(C)C(=O)c2cccnc2C)c1. The first kappa shape index (κ1) is 15.2. The number of hydrogen-bond donors (Lipinski definition) is 0. The van der Waals surface area contributed by atoms with E-state index in [4.69, 9.17) is 0 Å². The fourth-order valence-electron chi connectivity index (χ4n) is 2.25. The van der Waals surface area contributed by atoms with Gasteiger partial charge in [-0.05, 0) is 50.6 Å². The molecule has 0 spiro atoms. The Morgan fingerprint density at radius 2 is 2.00 bits per heavy atom. The molecular formula is C17H21N3O. The average Bonchev–Trinajstić information content (AvgIpc) is 2.46. The Bertz CT molecular complexity index is 639. The van der Waals surface area contributed by atoms with E-state index < -0.39 is 0 Å². The summed E-state index contributed by atoms with van der Waals surface area (Å²) in [6.45, 7) is 5.94. The van der Waals surface area contributed by atoms with Crippen LogP contribution in [0.1, 0.15) is 34.2 Å². The molecule has 0 fully saturated rings. The molecule has 2 heterocycles. The lowest BCUT2D eigenvalue weighted by Crippen LogP contribution is -2.37. The Hall–Kier alpha value is -2.23. The maximum absolute atomic E-state index is 12.5. The topological polar surface area (TPSA) is 46.1 Å². The van der Waals surface area contributed by atoms with Gasteiger partial charge in [-0.3, -0.25) is 14.8 Å². The molecule has 0 saturated heterocycles. The molecule has 0 unspecified atom stereocenters. The molecule has 4 nitrogen and oxygen atoms in total. The van der Waals surface area contributed by atoms with Crippen LogP contribution in [0, 0.1) is 13.8 Å². The van der Waals surface area contributed by atoms with E-state index in [2.05, 4.69) is 16.0 Å². The van der Waals surface area contributed by atoms with Crippen LogP contribution >= 0.6 is 0 Å².